The molecule has 1 fully saturated rings. The first-order valence-corrected chi connectivity index (χ1v) is 7.54. The van der Waals surface area contributed by atoms with Gasteiger partial charge in [0.1, 0.15) is 5.69 Å². The molecule has 0 unspecified atom stereocenters. The van der Waals surface area contributed by atoms with Crippen LogP contribution < -0.4 is 4.90 Å². The van der Waals surface area contributed by atoms with Gasteiger partial charge in [0, 0.05) is 32.4 Å². The van der Waals surface area contributed by atoms with E-state index in [-0.39, 0.29) is 6.54 Å². The Morgan fingerprint density at radius 3 is 2.62 bits per heavy atom. The average Bonchev–Trinajstić information content (AvgIpc) is 2.98. The summed E-state index contributed by atoms with van der Waals surface area (Å²) in [5, 5.41) is 9.95. The first kappa shape index (κ1) is 14.3. The number of alkyl halides is 2. The summed E-state index contributed by atoms with van der Waals surface area (Å²) in [6, 6.07) is 5.66. The van der Waals surface area contributed by atoms with Crippen molar-refractivity contribution >= 4 is 16.5 Å². The molecule has 0 aromatic carbocycles. The fourth-order valence-corrected chi connectivity index (χ4v) is 3.13. The van der Waals surface area contributed by atoms with Crippen molar-refractivity contribution in [3.63, 3.8) is 0 Å². The molecular weight excluding hydrogens is 296 g/mol. The van der Waals surface area contributed by atoms with Crippen LogP contribution in [0.3, 0.4) is 0 Å². The zero-order valence-corrected chi connectivity index (χ0v) is 12.1. The molecule has 0 N–H and O–H groups in total. The molecule has 0 atom stereocenters. The summed E-state index contributed by atoms with van der Waals surface area (Å²) in [5.74, 6) is 0. The van der Waals surface area contributed by atoms with Crippen molar-refractivity contribution < 1.29 is 8.78 Å². The van der Waals surface area contributed by atoms with E-state index in [0.717, 1.165) is 15.8 Å². The van der Waals surface area contributed by atoms with Gasteiger partial charge in [-0.25, -0.2) is 8.78 Å². The van der Waals surface area contributed by atoms with Crippen LogP contribution in [0.15, 0.2) is 24.4 Å². The fraction of sp³-hybridized carbons (Fsp3) is 0.462. The fourth-order valence-electron chi connectivity index (χ4n) is 2.25. The van der Waals surface area contributed by atoms with Gasteiger partial charge in [0.15, 0.2) is 5.01 Å². The number of rotatable bonds is 4. The normalized spacial score (nSPS) is 16.6. The first-order chi connectivity index (χ1) is 10.2. The summed E-state index contributed by atoms with van der Waals surface area (Å²) < 4.78 is 24.7. The van der Waals surface area contributed by atoms with Gasteiger partial charge in [0.05, 0.1) is 6.54 Å². The van der Waals surface area contributed by atoms with E-state index in [4.69, 9.17) is 0 Å². The van der Waals surface area contributed by atoms with E-state index in [2.05, 4.69) is 20.1 Å². The second-order valence-electron chi connectivity index (χ2n) is 4.78. The van der Waals surface area contributed by atoms with Crippen LogP contribution in [0.25, 0.3) is 10.7 Å². The molecule has 0 radical (unpaired) electrons. The first-order valence-electron chi connectivity index (χ1n) is 6.73. The minimum Gasteiger partial charge on any atom is -0.344 e. The van der Waals surface area contributed by atoms with Gasteiger partial charge in [-0.2, -0.15) is 0 Å². The topological polar surface area (TPSA) is 45.2 Å². The molecule has 2 aromatic heterocycles. The van der Waals surface area contributed by atoms with Gasteiger partial charge in [-0.15, -0.1) is 10.2 Å². The molecule has 5 nitrogen and oxygen atoms in total. The summed E-state index contributed by atoms with van der Waals surface area (Å²) in [6.07, 6.45) is -0.548. The predicted molar refractivity (Wildman–Crippen MR) is 77.8 cm³/mol. The van der Waals surface area contributed by atoms with E-state index < -0.39 is 6.43 Å². The Morgan fingerprint density at radius 1 is 1.14 bits per heavy atom. The van der Waals surface area contributed by atoms with Crippen LogP contribution in [-0.4, -0.2) is 59.2 Å². The molecule has 0 bridgehead atoms. The summed E-state index contributed by atoms with van der Waals surface area (Å²) in [6.45, 7) is 2.50. The third kappa shape index (κ3) is 3.51. The Balaban J connectivity index is 1.63. The lowest BCUT2D eigenvalue weighted by molar-refractivity contribution is 0.0854. The molecule has 2 aromatic rings. The van der Waals surface area contributed by atoms with Crippen LogP contribution in [0.5, 0.6) is 0 Å². The van der Waals surface area contributed by atoms with Crippen LogP contribution in [0, 0.1) is 0 Å². The van der Waals surface area contributed by atoms with Crippen molar-refractivity contribution in [3.8, 4) is 10.7 Å². The number of aromatic nitrogens is 3. The van der Waals surface area contributed by atoms with Gasteiger partial charge in [0.2, 0.25) is 5.13 Å². The Bertz CT molecular complexity index is 569. The van der Waals surface area contributed by atoms with Crippen LogP contribution in [0.4, 0.5) is 13.9 Å². The Morgan fingerprint density at radius 2 is 1.95 bits per heavy atom. The van der Waals surface area contributed by atoms with Crippen molar-refractivity contribution in [1.29, 1.82) is 0 Å². The van der Waals surface area contributed by atoms with Crippen LogP contribution in [0.2, 0.25) is 0 Å². The van der Waals surface area contributed by atoms with Crippen LogP contribution >= 0.6 is 11.3 Å². The lowest BCUT2D eigenvalue weighted by atomic mass is 10.3. The van der Waals surface area contributed by atoms with E-state index in [1.54, 1.807) is 11.1 Å². The number of anilines is 1. The highest BCUT2D eigenvalue weighted by molar-refractivity contribution is 7.18. The molecule has 112 valence electrons. The Hall–Kier alpha value is -1.67. The van der Waals surface area contributed by atoms with Crippen molar-refractivity contribution in [3.05, 3.63) is 24.4 Å². The maximum absolute atomic E-state index is 12.3. The molecule has 0 amide bonds. The smallest absolute Gasteiger partial charge is 0.251 e. The lowest BCUT2D eigenvalue weighted by Gasteiger charge is -2.33. The molecule has 1 aliphatic heterocycles. The molecule has 1 saturated heterocycles. The molecular formula is C13H15F2N5S. The summed E-state index contributed by atoms with van der Waals surface area (Å²) >= 11 is 1.48. The zero-order valence-electron chi connectivity index (χ0n) is 11.3. The van der Waals surface area contributed by atoms with Gasteiger partial charge >= 0.3 is 0 Å². The van der Waals surface area contributed by atoms with Crippen LogP contribution in [0.1, 0.15) is 0 Å². The highest BCUT2D eigenvalue weighted by Gasteiger charge is 2.22. The molecule has 0 spiro atoms. The monoisotopic (exact) mass is 311 g/mol. The van der Waals surface area contributed by atoms with E-state index in [1.807, 2.05) is 18.2 Å². The van der Waals surface area contributed by atoms with Crippen molar-refractivity contribution in [1.82, 2.24) is 20.1 Å². The van der Waals surface area contributed by atoms with Crippen molar-refractivity contribution in [2.24, 2.45) is 0 Å². The van der Waals surface area contributed by atoms with Gasteiger partial charge in [-0.05, 0) is 12.1 Å². The molecule has 3 heterocycles. The number of pyridine rings is 1. The number of piperazine rings is 1. The van der Waals surface area contributed by atoms with Crippen molar-refractivity contribution in [2.75, 3.05) is 37.6 Å². The van der Waals surface area contributed by atoms with Gasteiger partial charge in [-0.3, -0.25) is 9.88 Å². The number of nitrogens with zero attached hydrogens (tertiary/aromatic N) is 5. The molecule has 0 saturated carbocycles. The summed E-state index contributed by atoms with van der Waals surface area (Å²) in [7, 11) is 0. The number of hydrogen-bond donors (Lipinski definition) is 0. The van der Waals surface area contributed by atoms with E-state index in [1.165, 1.54) is 11.3 Å². The Labute approximate surface area is 125 Å². The van der Waals surface area contributed by atoms with Gasteiger partial charge in [0.25, 0.3) is 6.43 Å². The van der Waals surface area contributed by atoms with Crippen molar-refractivity contribution in [2.45, 2.75) is 6.43 Å². The quantitative estimate of drug-likeness (QED) is 0.864. The third-order valence-electron chi connectivity index (χ3n) is 3.34. The van der Waals surface area contributed by atoms with E-state index in [9.17, 15) is 8.78 Å². The second-order valence-corrected chi connectivity index (χ2v) is 5.74. The zero-order chi connectivity index (χ0) is 14.7. The molecule has 21 heavy (non-hydrogen) atoms. The maximum atomic E-state index is 12.3. The van der Waals surface area contributed by atoms with E-state index in [0.29, 0.717) is 26.2 Å². The molecule has 8 heteroatoms. The average molecular weight is 311 g/mol. The minimum atomic E-state index is -2.27. The largest absolute Gasteiger partial charge is 0.344 e. The highest BCUT2D eigenvalue weighted by Crippen LogP contribution is 2.27. The van der Waals surface area contributed by atoms with E-state index >= 15 is 0 Å². The maximum Gasteiger partial charge on any atom is 0.251 e. The summed E-state index contributed by atoms with van der Waals surface area (Å²) in [5.41, 5.74) is 0.803. The molecule has 3 rings (SSSR count). The number of hydrogen-bond acceptors (Lipinski definition) is 6. The standard InChI is InChI=1S/C13H15F2N5S/c14-11(15)9-19-5-7-20(8-6-19)13-18-17-12(21-13)10-3-1-2-4-16-10/h1-4,11H,5-9H2. The minimum absolute atomic E-state index is 0.150. The van der Waals surface area contributed by atoms with Crippen LogP contribution in [-0.2, 0) is 0 Å². The molecule has 0 aliphatic carbocycles. The highest BCUT2D eigenvalue weighted by atomic mass is 32.1. The third-order valence-corrected chi connectivity index (χ3v) is 4.34. The second kappa shape index (κ2) is 6.40. The summed E-state index contributed by atoms with van der Waals surface area (Å²) in [4.78, 5) is 8.12. The van der Waals surface area contributed by atoms with Gasteiger partial charge in [-0.1, -0.05) is 17.4 Å². The lowest BCUT2D eigenvalue weighted by Crippen LogP contribution is -2.47. The van der Waals surface area contributed by atoms with Gasteiger partial charge < -0.3 is 4.90 Å². The SMILES string of the molecule is FC(F)CN1CCN(c2nnc(-c3ccccn3)s2)CC1. The number of halogens is 2. The molecule has 1 aliphatic rings. The Kier molecular flexibility index (Phi) is 4.35. The predicted octanol–water partition coefficient (Wildman–Crippen LogP) is 1.99.